The van der Waals surface area contributed by atoms with Gasteiger partial charge in [0.25, 0.3) is 0 Å². The number of benzene rings is 1. The van der Waals surface area contributed by atoms with Crippen LogP contribution in [0.2, 0.25) is 0 Å². The van der Waals surface area contributed by atoms with E-state index < -0.39 is 0 Å². The predicted octanol–water partition coefficient (Wildman–Crippen LogP) is 6.74. The van der Waals surface area contributed by atoms with Gasteiger partial charge >= 0.3 is 5.97 Å². The van der Waals surface area contributed by atoms with Gasteiger partial charge in [0.2, 0.25) is 0 Å². The molecule has 0 aliphatic rings. The molecular weight excluding hydrogens is 374 g/mol. The molecule has 1 aromatic rings. The summed E-state index contributed by atoms with van der Waals surface area (Å²) in [5.74, 6) is -0.221. The highest BCUT2D eigenvalue weighted by Crippen LogP contribution is 2.22. The van der Waals surface area contributed by atoms with Gasteiger partial charge in [-0.1, -0.05) is 45.9 Å². The number of methoxy groups -OCH3 is 1. The first-order valence-corrected chi connectivity index (χ1v) is 10.9. The summed E-state index contributed by atoms with van der Waals surface area (Å²) in [6, 6.07) is 4.34. The molecule has 0 saturated heterocycles. The van der Waals surface area contributed by atoms with Crippen molar-refractivity contribution in [1.29, 1.82) is 0 Å². The molecule has 0 radical (unpaired) electrons. The van der Waals surface area contributed by atoms with Gasteiger partial charge in [0.1, 0.15) is 0 Å². The topological polar surface area (TPSA) is 47.6 Å². The Hall–Kier alpha value is -2.07. The van der Waals surface area contributed by atoms with Crippen LogP contribution in [0.15, 0.2) is 30.5 Å². The lowest BCUT2D eigenvalue weighted by Crippen LogP contribution is -2.14. The lowest BCUT2D eigenvalue weighted by molar-refractivity contribution is -0.136. The fraction of sp³-hybridized carbons (Fsp3) is 0.577. The summed E-state index contributed by atoms with van der Waals surface area (Å²) in [5, 5.41) is 3.16. The zero-order valence-electron chi connectivity index (χ0n) is 21.1. The minimum Gasteiger partial charge on any atom is -0.496 e. The Kier molecular flexibility index (Phi) is 16.8. The van der Waals surface area contributed by atoms with Gasteiger partial charge < -0.3 is 14.8 Å². The number of hydrogen-bond acceptors (Lipinski definition) is 4. The highest BCUT2D eigenvalue weighted by molar-refractivity contribution is 5.94. The van der Waals surface area contributed by atoms with Crippen molar-refractivity contribution in [3.63, 3.8) is 0 Å². The molecule has 0 heterocycles. The molecule has 30 heavy (non-hydrogen) atoms. The third-order valence-corrected chi connectivity index (χ3v) is 4.04. The average molecular weight is 420 g/mol. The van der Waals surface area contributed by atoms with Crippen molar-refractivity contribution < 1.29 is 14.3 Å². The average Bonchev–Trinajstić information content (AvgIpc) is 2.68. The lowest BCUT2D eigenvalue weighted by atomic mass is 9.96. The van der Waals surface area contributed by atoms with Crippen molar-refractivity contribution >= 4 is 12.0 Å². The van der Waals surface area contributed by atoms with Crippen LogP contribution in [0.4, 0.5) is 0 Å². The predicted molar refractivity (Wildman–Crippen MR) is 131 cm³/mol. The first-order valence-electron chi connectivity index (χ1n) is 10.9. The number of unbranched alkanes of at least 4 members (excludes halogenated alkanes) is 1. The minimum absolute atomic E-state index is 0.0677. The third-order valence-electron chi connectivity index (χ3n) is 4.04. The Morgan fingerprint density at radius 3 is 2.03 bits per heavy atom. The second-order valence-corrected chi connectivity index (χ2v) is 7.84. The molecule has 1 N–H and O–H groups in total. The molecule has 4 nitrogen and oxygen atoms in total. The number of hydrogen-bond donors (Lipinski definition) is 1. The van der Waals surface area contributed by atoms with E-state index in [-0.39, 0.29) is 11.6 Å². The van der Waals surface area contributed by atoms with E-state index in [0.717, 1.165) is 36.9 Å². The van der Waals surface area contributed by atoms with E-state index >= 15 is 0 Å². The van der Waals surface area contributed by atoms with E-state index in [9.17, 15) is 4.79 Å². The maximum Gasteiger partial charge on any atom is 0.333 e. The highest BCUT2D eigenvalue weighted by atomic mass is 16.5. The number of carbonyl (C=O) groups excluding carboxylic acids is 1. The number of carbonyl (C=O) groups is 1. The summed E-state index contributed by atoms with van der Waals surface area (Å²) in [6.45, 7) is 20.5. The van der Waals surface area contributed by atoms with Gasteiger partial charge in [-0.05, 0) is 82.8 Å². The Labute approximate surface area is 185 Å². The van der Waals surface area contributed by atoms with Crippen LogP contribution >= 0.6 is 0 Å². The molecular formula is C26H45NO3. The molecule has 1 rings (SSSR count). The number of aryl methyl sites for hydroxylation is 2. The van der Waals surface area contributed by atoms with E-state index in [0.29, 0.717) is 0 Å². The molecule has 0 spiro atoms. The van der Waals surface area contributed by atoms with Crippen LogP contribution in [0.3, 0.4) is 0 Å². The molecule has 0 aromatic heterocycles. The fourth-order valence-corrected chi connectivity index (χ4v) is 2.75. The quantitative estimate of drug-likeness (QED) is 0.288. The molecule has 0 fully saturated rings. The van der Waals surface area contributed by atoms with Crippen LogP contribution in [-0.2, 0) is 20.8 Å². The largest absolute Gasteiger partial charge is 0.496 e. The Balaban J connectivity index is 0. The Bertz CT molecular complexity index is 632. The normalized spacial score (nSPS) is 10.8. The van der Waals surface area contributed by atoms with E-state index in [1.54, 1.807) is 0 Å². The Morgan fingerprint density at radius 1 is 1.17 bits per heavy atom. The van der Waals surface area contributed by atoms with Gasteiger partial charge in [0.05, 0.1) is 19.0 Å². The van der Waals surface area contributed by atoms with Crippen LogP contribution in [0.5, 0.6) is 0 Å². The molecule has 0 bridgehead atoms. The van der Waals surface area contributed by atoms with Crippen LogP contribution < -0.4 is 5.32 Å². The third kappa shape index (κ3) is 13.2. The zero-order chi connectivity index (χ0) is 23.7. The van der Waals surface area contributed by atoms with E-state index in [1.165, 1.54) is 30.1 Å². The number of nitrogens with one attached hydrogen (secondary N) is 1. The summed E-state index contributed by atoms with van der Waals surface area (Å²) in [6.07, 6.45) is 6.28. The zero-order valence-corrected chi connectivity index (χ0v) is 21.1. The van der Waals surface area contributed by atoms with Crippen molar-refractivity contribution in [2.24, 2.45) is 0 Å². The summed E-state index contributed by atoms with van der Waals surface area (Å²) in [5.41, 5.74) is 5.47. The molecule has 0 aliphatic carbocycles. The van der Waals surface area contributed by atoms with Crippen molar-refractivity contribution in [1.82, 2.24) is 5.32 Å². The van der Waals surface area contributed by atoms with Crippen molar-refractivity contribution in [2.75, 3.05) is 14.2 Å². The minimum atomic E-state index is -0.221. The van der Waals surface area contributed by atoms with Crippen molar-refractivity contribution in [3.05, 3.63) is 52.8 Å². The summed E-state index contributed by atoms with van der Waals surface area (Å²) in [7, 11) is 3.39. The van der Waals surface area contributed by atoms with Crippen molar-refractivity contribution in [3.8, 4) is 0 Å². The first-order chi connectivity index (χ1) is 14.1. The fourth-order valence-electron chi connectivity index (χ4n) is 2.75. The van der Waals surface area contributed by atoms with Gasteiger partial charge in [-0.25, -0.2) is 4.79 Å². The summed E-state index contributed by atoms with van der Waals surface area (Å²) >= 11 is 0. The van der Waals surface area contributed by atoms with Gasteiger partial charge in [-0.3, -0.25) is 0 Å². The highest BCUT2D eigenvalue weighted by Gasteiger charge is 2.11. The molecule has 0 saturated carbocycles. The number of esters is 1. The molecule has 172 valence electrons. The number of ether oxygens (including phenoxy) is 2. The standard InChI is InChI=1S/C18H27NO2.C6H12O.C2H6/c1-6-7-8-16(18(20)21-5)11-17-13(2)9-15(12-19-4)10-14(17)3;1-5-7-6(2,3)4;1-2/h9-11,19H,6-8,12H2,1-5H3;5H,1H2,2-4H3;1-2H3/b16-11+;;. The Morgan fingerprint density at radius 2 is 1.70 bits per heavy atom. The second kappa shape index (κ2) is 16.7. The van der Waals surface area contributed by atoms with Crippen LogP contribution in [-0.4, -0.2) is 25.7 Å². The van der Waals surface area contributed by atoms with E-state index in [1.807, 2.05) is 47.7 Å². The van der Waals surface area contributed by atoms with Crippen molar-refractivity contribution in [2.45, 2.75) is 86.8 Å². The van der Waals surface area contributed by atoms with Gasteiger partial charge in [0.15, 0.2) is 0 Å². The molecule has 0 unspecified atom stereocenters. The van der Waals surface area contributed by atoms with Crippen LogP contribution in [0.25, 0.3) is 6.08 Å². The molecule has 0 atom stereocenters. The maximum absolute atomic E-state index is 11.9. The van der Waals surface area contributed by atoms with Crippen LogP contribution in [0, 0.1) is 13.8 Å². The molecule has 0 aliphatic heterocycles. The van der Waals surface area contributed by atoms with E-state index in [4.69, 9.17) is 9.47 Å². The van der Waals surface area contributed by atoms with Gasteiger partial charge in [0, 0.05) is 12.1 Å². The number of rotatable bonds is 8. The smallest absolute Gasteiger partial charge is 0.333 e. The van der Waals surface area contributed by atoms with Gasteiger partial charge in [-0.15, -0.1) is 0 Å². The summed E-state index contributed by atoms with van der Waals surface area (Å²) < 4.78 is 9.90. The second-order valence-electron chi connectivity index (χ2n) is 7.84. The van der Waals surface area contributed by atoms with Crippen LogP contribution in [0.1, 0.15) is 83.1 Å². The molecule has 4 heteroatoms. The van der Waals surface area contributed by atoms with Gasteiger partial charge in [-0.2, -0.15) is 0 Å². The monoisotopic (exact) mass is 419 g/mol. The molecule has 0 amide bonds. The first kappa shape index (κ1) is 30.1. The summed E-state index contributed by atoms with van der Waals surface area (Å²) in [4.78, 5) is 11.9. The maximum atomic E-state index is 11.9. The van der Waals surface area contributed by atoms with E-state index in [2.05, 4.69) is 44.8 Å². The SMILES string of the molecule is C=COC(C)(C)C.CC.CCCC/C(=C\c1c(C)cc(CNC)cc1C)C(=O)OC. The molecule has 1 aromatic carbocycles. The lowest BCUT2D eigenvalue weighted by Gasteiger charge is -2.16.